The van der Waals surface area contributed by atoms with E-state index in [0.717, 1.165) is 25.7 Å². The summed E-state index contributed by atoms with van der Waals surface area (Å²) < 4.78 is 29.2. The quantitative estimate of drug-likeness (QED) is 0.802. The van der Waals surface area contributed by atoms with Crippen molar-refractivity contribution in [2.45, 2.75) is 43.0 Å². The monoisotopic (exact) mass is 308 g/mol. The Morgan fingerprint density at radius 1 is 1.19 bits per heavy atom. The molecule has 0 atom stereocenters. The van der Waals surface area contributed by atoms with Gasteiger partial charge in [0, 0.05) is 17.3 Å². The summed E-state index contributed by atoms with van der Waals surface area (Å²) in [6, 6.07) is 4.38. The van der Waals surface area contributed by atoms with Gasteiger partial charge in [0.1, 0.15) is 0 Å². The summed E-state index contributed by atoms with van der Waals surface area (Å²) in [7, 11) is -3.88. The molecule has 21 heavy (non-hydrogen) atoms. The van der Waals surface area contributed by atoms with Gasteiger partial charge < -0.3 is 0 Å². The zero-order valence-corrected chi connectivity index (χ0v) is 12.2. The molecule has 1 fully saturated rings. The molecule has 1 amide bonds. The van der Waals surface area contributed by atoms with Gasteiger partial charge >= 0.3 is 10.1 Å². The van der Waals surface area contributed by atoms with Crippen molar-refractivity contribution in [1.29, 1.82) is 0 Å². The molecule has 0 spiro atoms. The number of rotatable bonds is 4. The van der Waals surface area contributed by atoms with Crippen LogP contribution in [0.3, 0.4) is 0 Å². The lowest BCUT2D eigenvalue weighted by Gasteiger charge is -2.21. The van der Waals surface area contributed by atoms with Crippen molar-refractivity contribution in [3.63, 3.8) is 0 Å². The first-order valence-corrected chi connectivity index (χ1v) is 8.39. The molecule has 1 aromatic carbocycles. The van der Waals surface area contributed by atoms with Crippen molar-refractivity contribution < 1.29 is 17.5 Å². The van der Waals surface area contributed by atoms with Gasteiger partial charge in [0.2, 0.25) is 0 Å². The minimum atomic E-state index is -3.88. The maximum atomic E-state index is 12.1. The number of nitrogens with zero attached hydrogens (tertiary/aromatic N) is 1. The number of amides is 1. The minimum absolute atomic E-state index is 0.0192. The molecule has 1 saturated carbocycles. The lowest BCUT2D eigenvalue weighted by molar-refractivity contribution is -0.112. The SMILES string of the molecule is O=C1C=c2cc(S(=O)(=O)ONC3CCCCC3)ccc2=N1. The summed E-state index contributed by atoms with van der Waals surface area (Å²) in [5, 5.41) is 0.988. The van der Waals surface area contributed by atoms with E-state index < -0.39 is 10.1 Å². The summed E-state index contributed by atoms with van der Waals surface area (Å²) in [6.45, 7) is 0. The number of hydrogen-bond acceptors (Lipinski definition) is 5. The Morgan fingerprint density at radius 2 is 1.95 bits per heavy atom. The van der Waals surface area contributed by atoms with E-state index in [1.54, 1.807) is 0 Å². The molecule has 0 saturated heterocycles. The van der Waals surface area contributed by atoms with Crippen LogP contribution >= 0.6 is 0 Å². The lowest BCUT2D eigenvalue weighted by Crippen LogP contribution is -2.33. The van der Waals surface area contributed by atoms with E-state index in [1.165, 1.54) is 30.7 Å². The molecule has 1 N–H and O–H groups in total. The second-order valence-corrected chi connectivity index (χ2v) is 6.85. The summed E-state index contributed by atoms with van der Waals surface area (Å²) >= 11 is 0. The maximum absolute atomic E-state index is 12.1. The lowest BCUT2D eigenvalue weighted by atomic mass is 9.96. The van der Waals surface area contributed by atoms with Crippen LogP contribution in [-0.4, -0.2) is 20.4 Å². The van der Waals surface area contributed by atoms with Crippen molar-refractivity contribution in [2.24, 2.45) is 4.99 Å². The van der Waals surface area contributed by atoms with Crippen molar-refractivity contribution in [3.8, 4) is 0 Å². The Morgan fingerprint density at radius 3 is 2.71 bits per heavy atom. The molecule has 6 nitrogen and oxygen atoms in total. The fraction of sp³-hybridized carbons (Fsp3) is 0.429. The number of nitrogens with one attached hydrogen (secondary N) is 1. The normalized spacial score (nSPS) is 19.0. The number of carbonyl (C=O) groups excluding carboxylic acids is 1. The molecule has 112 valence electrons. The Labute approximate surface area is 122 Å². The van der Waals surface area contributed by atoms with Crippen LogP contribution in [0.1, 0.15) is 32.1 Å². The molecule has 0 radical (unpaired) electrons. The molecule has 1 heterocycles. The molecular weight excluding hydrogens is 292 g/mol. The third kappa shape index (κ3) is 3.20. The Bertz CT molecular complexity index is 780. The topological polar surface area (TPSA) is 84.8 Å². The van der Waals surface area contributed by atoms with Crippen LogP contribution < -0.4 is 16.1 Å². The van der Waals surface area contributed by atoms with Crippen LogP contribution in [0.2, 0.25) is 0 Å². The Balaban J connectivity index is 1.76. The van der Waals surface area contributed by atoms with E-state index in [4.69, 9.17) is 4.28 Å². The van der Waals surface area contributed by atoms with Crippen molar-refractivity contribution in [2.75, 3.05) is 0 Å². The fourth-order valence-corrected chi connectivity index (χ4v) is 3.45. The average Bonchev–Trinajstić information content (AvgIpc) is 2.85. The molecule has 1 aliphatic carbocycles. The van der Waals surface area contributed by atoms with E-state index in [2.05, 4.69) is 10.5 Å². The van der Waals surface area contributed by atoms with Crippen LogP contribution in [0.25, 0.3) is 6.08 Å². The smallest absolute Gasteiger partial charge is 0.267 e. The van der Waals surface area contributed by atoms with E-state index in [-0.39, 0.29) is 16.8 Å². The summed E-state index contributed by atoms with van der Waals surface area (Å²) in [5.41, 5.74) is 2.65. The first kappa shape index (κ1) is 14.4. The second kappa shape index (κ2) is 5.67. The molecule has 1 aromatic rings. The highest BCUT2D eigenvalue weighted by atomic mass is 32.2. The minimum Gasteiger partial charge on any atom is -0.267 e. The van der Waals surface area contributed by atoms with Crippen LogP contribution in [-0.2, 0) is 19.2 Å². The molecule has 0 aromatic heterocycles. The Kier molecular flexibility index (Phi) is 3.88. The average molecular weight is 308 g/mol. The highest BCUT2D eigenvalue weighted by Crippen LogP contribution is 2.18. The molecule has 3 rings (SSSR count). The van der Waals surface area contributed by atoms with E-state index >= 15 is 0 Å². The summed E-state index contributed by atoms with van der Waals surface area (Å²) in [5.74, 6) is -0.374. The van der Waals surface area contributed by atoms with E-state index in [9.17, 15) is 13.2 Å². The van der Waals surface area contributed by atoms with Gasteiger partial charge in [0.15, 0.2) is 0 Å². The molecule has 1 aliphatic heterocycles. The van der Waals surface area contributed by atoms with E-state index in [0.29, 0.717) is 10.6 Å². The Hall–Kier alpha value is -1.57. The highest BCUT2D eigenvalue weighted by molar-refractivity contribution is 7.86. The molecular formula is C14H16N2O4S. The van der Waals surface area contributed by atoms with Crippen LogP contribution in [0.15, 0.2) is 28.1 Å². The number of fused-ring (bicyclic) bond motifs is 1. The maximum Gasteiger partial charge on any atom is 0.312 e. The third-order valence-electron chi connectivity index (χ3n) is 3.73. The standard InChI is InChI=1S/C14H16N2O4S/c17-14-9-10-8-12(6-7-13(10)15-14)21(18,19)20-16-11-4-2-1-3-5-11/h6-9,11,16H,1-5H2. The first-order valence-electron chi connectivity index (χ1n) is 6.98. The van der Waals surface area contributed by atoms with Crippen molar-refractivity contribution >= 4 is 22.1 Å². The predicted molar refractivity (Wildman–Crippen MR) is 75.0 cm³/mol. The van der Waals surface area contributed by atoms with Gasteiger partial charge in [-0.05, 0) is 31.0 Å². The number of carbonyl (C=O) groups is 1. The molecule has 0 bridgehead atoms. The van der Waals surface area contributed by atoms with Crippen molar-refractivity contribution in [1.82, 2.24) is 5.48 Å². The molecule has 2 aliphatic rings. The van der Waals surface area contributed by atoms with E-state index in [1.807, 2.05) is 0 Å². The van der Waals surface area contributed by atoms with Crippen LogP contribution in [0.5, 0.6) is 0 Å². The molecule has 7 heteroatoms. The van der Waals surface area contributed by atoms with Crippen LogP contribution in [0.4, 0.5) is 0 Å². The number of benzene rings is 1. The largest absolute Gasteiger partial charge is 0.312 e. The van der Waals surface area contributed by atoms with Gasteiger partial charge in [-0.2, -0.15) is 18.2 Å². The second-order valence-electron chi connectivity index (χ2n) is 5.31. The number of hydroxylamine groups is 1. The zero-order chi connectivity index (χ0) is 14.9. The van der Waals surface area contributed by atoms with Gasteiger partial charge in [-0.1, -0.05) is 19.3 Å². The molecule has 0 unspecified atom stereocenters. The third-order valence-corrected chi connectivity index (χ3v) is 4.87. The first-order chi connectivity index (χ1) is 10.0. The summed E-state index contributed by atoms with van der Waals surface area (Å²) in [4.78, 5) is 14.9. The zero-order valence-electron chi connectivity index (χ0n) is 11.4. The van der Waals surface area contributed by atoms with Crippen molar-refractivity contribution in [3.05, 3.63) is 28.8 Å². The van der Waals surface area contributed by atoms with Gasteiger partial charge in [-0.3, -0.25) is 4.79 Å². The van der Waals surface area contributed by atoms with Gasteiger partial charge in [0.05, 0.1) is 10.3 Å². The number of hydrogen-bond donors (Lipinski definition) is 1. The fourth-order valence-electron chi connectivity index (χ4n) is 2.59. The van der Waals surface area contributed by atoms with Gasteiger partial charge in [-0.25, -0.2) is 4.99 Å². The highest BCUT2D eigenvalue weighted by Gasteiger charge is 2.20. The van der Waals surface area contributed by atoms with Gasteiger partial charge in [0.25, 0.3) is 5.91 Å². The summed E-state index contributed by atoms with van der Waals surface area (Å²) in [6.07, 6.45) is 6.49. The predicted octanol–water partition coefficient (Wildman–Crippen LogP) is 0.169. The van der Waals surface area contributed by atoms with Crippen LogP contribution in [0, 0.1) is 0 Å². The van der Waals surface area contributed by atoms with Gasteiger partial charge in [-0.15, -0.1) is 0 Å².